The summed E-state index contributed by atoms with van der Waals surface area (Å²) in [4.78, 5) is 42.3. The lowest BCUT2D eigenvalue weighted by molar-refractivity contribution is 0.102. The number of thioether (sulfide) groups is 1. The monoisotopic (exact) mass is 438 g/mol. The highest BCUT2D eigenvalue weighted by Gasteiger charge is 2.20. The van der Waals surface area contributed by atoms with Gasteiger partial charge in [0.25, 0.3) is 5.56 Å². The Labute approximate surface area is 180 Å². The summed E-state index contributed by atoms with van der Waals surface area (Å²) in [6, 6.07) is 14.8. The molecule has 0 fully saturated rings. The van der Waals surface area contributed by atoms with Crippen LogP contribution in [0.2, 0.25) is 0 Å². The lowest BCUT2D eigenvalue weighted by atomic mass is 10.2. The Morgan fingerprint density at radius 3 is 2.35 bits per heavy atom. The second-order valence-corrected chi connectivity index (χ2v) is 8.01. The van der Waals surface area contributed by atoms with E-state index in [1.54, 1.807) is 48.0 Å². The normalized spacial score (nSPS) is 11.2. The summed E-state index contributed by atoms with van der Waals surface area (Å²) in [5.41, 5.74) is 0.871. The minimum atomic E-state index is -0.485. The lowest BCUT2D eigenvalue weighted by Gasteiger charge is -2.09. The molecule has 31 heavy (non-hydrogen) atoms. The van der Waals surface area contributed by atoms with Crippen LogP contribution in [0.15, 0.2) is 69.3 Å². The Balaban J connectivity index is 1.79. The van der Waals surface area contributed by atoms with Crippen molar-refractivity contribution in [3.8, 4) is 0 Å². The average Bonchev–Trinajstić information content (AvgIpc) is 3.15. The summed E-state index contributed by atoms with van der Waals surface area (Å²) < 4.78 is 17.3. The maximum atomic E-state index is 13.3. The van der Waals surface area contributed by atoms with E-state index in [1.165, 1.54) is 35.5 Å². The maximum Gasteiger partial charge on any atom is 0.332 e. The van der Waals surface area contributed by atoms with Gasteiger partial charge in [0.2, 0.25) is 0 Å². The van der Waals surface area contributed by atoms with E-state index < -0.39 is 11.2 Å². The molecule has 0 unspecified atom stereocenters. The Bertz CT molecular complexity index is 1390. The number of aromatic nitrogens is 4. The van der Waals surface area contributed by atoms with E-state index in [4.69, 9.17) is 0 Å². The number of fused-ring (bicyclic) bond motifs is 1. The molecule has 0 N–H and O–H groups in total. The molecule has 2 aromatic carbocycles. The first kappa shape index (κ1) is 20.8. The van der Waals surface area contributed by atoms with Gasteiger partial charge in [-0.15, -0.1) is 0 Å². The van der Waals surface area contributed by atoms with Crippen molar-refractivity contribution < 1.29 is 9.18 Å². The number of hydrogen-bond acceptors (Lipinski definition) is 5. The van der Waals surface area contributed by atoms with Crippen molar-refractivity contribution in [3.63, 3.8) is 0 Å². The van der Waals surface area contributed by atoms with Crippen LogP contribution in [-0.2, 0) is 20.6 Å². The van der Waals surface area contributed by atoms with Crippen LogP contribution in [-0.4, -0.2) is 30.2 Å². The van der Waals surface area contributed by atoms with Crippen LogP contribution < -0.4 is 11.2 Å². The second-order valence-electron chi connectivity index (χ2n) is 7.06. The average molecular weight is 438 g/mol. The molecule has 0 saturated heterocycles. The number of carbonyl (C=O) groups excluding carboxylic acids is 1. The summed E-state index contributed by atoms with van der Waals surface area (Å²) >= 11 is 1.19. The zero-order valence-corrected chi connectivity index (χ0v) is 17.7. The molecule has 0 bridgehead atoms. The molecule has 9 heteroatoms. The van der Waals surface area contributed by atoms with Gasteiger partial charge in [0.05, 0.1) is 12.3 Å². The SMILES string of the molecule is Cn1c(=O)c2c(nc(SCC(=O)c3ccccc3)n2Cc2ccc(F)cc2)n(C)c1=O. The highest BCUT2D eigenvalue weighted by Crippen LogP contribution is 2.24. The van der Waals surface area contributed by atoms with Gasteiger partial charge in [-0.2, -0.15) is 0 Å². The highest BCUT2D eigenvalue weighted by atomic mass is 32.2. The number of benzene rings is 2. The highest BCUT2D eigenvalue weighted by molar-refractivity contribution is 7.99. The fraction of sp³-hybridized carbons (Fsp3) is 0.182. The Morgan fingerprint density at radius 1 is 1.00 bits per heavy atom. The maximum absolute atomic E-state index is 13.3. The summed E-state index contributed by atoms with van der Waals surface area (Å²) in [6.07, 6.45) is 0. The first-order chi connectivity index (χ1) is 14.9. The first-order valence-corrected chi connectivity index (χ1v) is 10.5. The quantitative estimate of drug-likeness (QED) is 0.342. The van der Waals surface area contributed by atoms with Gasteiger partial charge >= 0.3 is 5.69 Å². The second kappa shape index (κ2) is 8.35. The molecule has 0 saturated carbocycles. The van der Waals surface area contributed by atoms with Gasteiger partial charge in [-0.25, -0.2) is 14.2 Å². The topological polar surface area (TPSA) is 78.9 Å². The number of nitrogens with zero attached hydrogens (tertiary/aromatic N) is 4. The standard InChI is InChI=1S/C22H19FN4O3S/c1-25-19-18(20(29)26(2)22(25)30)27(12-14-8-10-16(23)11-9-14)21(24-19)31-13-17(28)15-6-4-3-5-7-15/h3-11H,12-13H2,1-2H3. The van der Waals surface area contributed by atoms with Gasteiger partial charge in [0.1, 0.15) is 5.82 Å². The van der Waals surface area contributed by atoms with E-state index in [-0.39, 0.29) is 35.1 Å². The predicted octanol–water partition coefficient (Wildman–Crippen LogP) is 2.60. The third-order valence-corrected chi connectivity index (χ3v) is 5.97. The first-order valence-electron chi connectivity index (χ1n) is 9.48. The van der Waals surface area contributed by atoms with Gasteiger partial charge in [-0.05, 0) is 17.7 Å². The molecule has 4 rings (SSSR count). The molecule has 0 aliphatic carbocycles. The largest absolute Gasteiger partial charge is 0.332 e. The molecular formula is C22H19FN4O3S. The number of rotatable bonds is 6. The smallest absolute Gasteiger partial charge is 0.309 e. The van der Waals surface area contributed by atoms with Gasteiger partial charge in [0, 0.05) is 19.7 Å². The molecule has 4 aromatic rings. The zero-order chi connectivity index (χ0) is 22.1. The molecule has 7 nitrogen and oxygen atoms in total. The van der Waals surface area contributed by atoms with Crippen molar-refractivity contribution in [2.45, 2.75) is 11.7 Å². The molecule has 0 aliphatic heterocycles. The number of aryl methyl sites for hydroxylation is 1. The van der Waals surface area contributed by atoms with E-state index in [0.717, 1.165) is 10.1 Å². The Hall–Kier alpha value is -3.46. The summed E-state index contributed by atoms with van der Waals surface area (Å²) in [7, 11) is 2.95. The van der Waals surface area contributed by atoms with Crippen LogP contribution in [0, 0.1) is 5.82 Å². The van der Waals surface area contributed by atoms with E-state index >= 15 is 0 Å². The molecule has 0 atom stereocenters. The fourth-order valence-corrected chi connectivity index (χ4v) is 4.18. The van der Waals surface area contributed by atoms with Crippen molar-refractivity contribution in [2.24, 2.45) is 14.1 Å². The number of ketones is 1. The minimum absolute atomic E-state index is 0.0761. The van der Waals surface area contributed by atoms with Gasteiger partial charge in [-0.3, -0.25) is 18.7 Å². The molecule has 158 valence electrons. The van der Waals surface area contributed by atoms with E-state index in [1.807, 2.05) is 6.07 Å². The van der Waals surface area contributed by atoms with Gasteiger partial charge in [0.15, 0.2) is 22.1 Å². The van der Waals surface area contributed by atoms with Crippen LogP contribution in [0.1, 0.15) is 15.9 Å². The van der Waals surface area contributed by atoms with Crippen molar-refractivity contribution in [2.75, 3.05) is 5.75 Å². The van der Waals surface area contributed by atoms with Crippen LogP contribution in [0.5, 0.6) is 0 Å². The van der Waals surface area contributed by atoms with E-state index in [0.29, 0.717) is 10.7 Å². The summed E-state index contributed by atoms with van der Waals surface area (Å²) in [6.45, 7) is 0.242. The van der Waals surface area contributed by atoms with Crippen molar-refractivity contribution in [1.82, 2.24) is 18.7 Å². The van der Waals surface area contributed by atoms with E-state index in [9.17, 15) is 18.8 Å². The summed E-state index contributed by atoms with van der Waals surface area (Å²) in [5, 5.41) is 0.432. The minimum Gasteiger partial charge on any atom is -0.309 e. The third kappa shape index (κ3) is 3.96. The van der Waals surface area contributed by atoms with Crippen LogP contribution in [0.25, 0.3) is 11.2 Å². The third-order valence-electron chi connectivity index (χ3n) is 5.00. The number of Topliss-reactive ketones (excluding diaryl/α,β-unsaturated/α-hetero) is 1. The van der Waals surface area contributed by atoms with E-state index in [2.05, 4.69) is 4.98 Å². The van der Waals surface area contributed by atoms with Crippen LogP contribution in [0.3, 0.4) is 0 Å². The van der Waals surface area contributed by atoms with Crippen molar-refractivity contribution in [3.05, 3.63) is 92.4 Å². The molecular weight excluding hydrogens is 419 g/mol. The van der Waals surface area contributed by atoms with Crippen LogP contribution >= 0.6 is 11.8 Å². The van der Waals surface area contributed by atoms with Crippen molar-refractivity contribution >= 4 is 28.7 Å². The number of imidazole rings is 1. The number of halogens is 1. The molecule has 2 aromatic heterocycles. The van der Waals surface area contributed by atoms with Crippen molar-refractivity contribution in [1.29, 1.82) is 0 Å². The molecule has 0 amide bonds. The lowest BCUT2D eigenvalue weighted by Crippen LogP contribution is -2.37. The Kier molecular flexibility index (Phi) is 5.60. The number of hydrogen-bond donors (Lipinski definition) is 0. The van der Waals surface area contributed by atoms with Crippen LogP contribution in [0.4, 0.5) is 4.39 Å². The fourth-order valence-electron chi connectivity index (χ4n) is 3.29. The molecule has 0 aliphatic rings. The molecule has 2 heterocycles. The predicted molar refractivity (Wildman–Crippen MR) is 117 cm³/mol. The molecule has 0 radical (unpaired) electrons. The summed E-state index contributed by atoms with van der Waals surface area (Å²) in [5.74, 6) is -0.321. The Morgan fingerprint density at radius 2 is 1.68 bits per heavy atom. The number of carbonyl (C=O) groups is 1. The van der Waals surface area contributed by atoms with Gasteiger partial charge in [-0.1, -0.05) is 54.2 Å². The zero-order valence-electron chi connectivity index (χ0n) is 16.9. The van der Waals surface area contributed by atoms with Gasteiger partial charge < -0.3 is 4.57 Å². The molecule has 0 spiro atoms.